The van der Waals surface area contributed by atoms with Gasteiger partial charge in [-0.2, -0.15) is 5.90 Å². The lowest BCUT2D eigenvalue weighted by Gasteiger charge is -2.08. The van der Waals surface area contributed by atoms with Gasteiger partial charge in [0.25, 0.3) is 0 Å². The molecule has 2 aromatic carbocycles. The lowest BCUT2D eigenvalue weighted by molar-refractivity contribution is 0.0697. The first-order chi connectivity index (χ1) is 10.5. The molecule has 3 N–H and O–H groups in total. The summed E-state index contributed by atoms with van der Waals surface area (Å²) < 4.78 is 0. The van der Waals surface area contributed by atoms with Gasteiger partial charge in [0.05, 0.1) is 11.3 Å². The Kier molecular flexibility index (Phi) is 4.70. The summed E-state index contributed by atoms with van der Waals surface area (Å²) >= 11 is 0. The Balaban J connectivity index is 2.38. The molecule has 5 heteroatoms. The molecule has 0 aliphatic rings. The maximum atomic E-state index is 11.0. The lowest BCUT2D eigenvalue weighted by atomic mass is 10.1. The SMILES string of the molecule is C=C(/N=C(\ON)c1ccccc1C)c1cccc(C(=O)O)c1. The van der Waals surface area contributed by atoms with Crippen molar-refractivity contribution in [1.29, 1.82) is 0 Å². The van der Waals surface area contributed by atoms with Crippen LogP contribution in [0.4, 0.5) is 0 Å². The molecule has 5 nitrogen and oxygen atoms in total. The summed E-state index contributed by atoms with van der Waals surface area (Å²) in [7, 11) is 0. The molecule has 0 unspecified atom stereocenters. The van der Waals surface area contributed by atoms with Gasteiger partial charge in [-0.25, -0.2) is 9.79 Å². The van der Waals surface area contributed by atoms with E-state index in [1.165, 1.54) is 12.1 Å². The third kappa shape index (κ3) is 3.39. The molecule has 22 heavy (non-hydrogen) atoms. The zero-order chi connectivity index (χ0) is 16.1. The summed E-state index contributed by atoms with van der Waals surface area (Å²) in [5.74, 6) is 4.53. The van der Waals surface area contributed by atoms with Crippen molar-refractivity contribution in [3.63, 3.8) is 0 Å². The van der Waals surface area contributed by atoms with E-state index in [9.17, 15) is 4.79 Å². The molecule has 0 aromatic heterocycles. The van der Waals surface area contributed by atoms with Crippen LogP contribution in [0, 0.1) is 6.92 Å². The molecule has 0 bridgehead atoms. The highest BCUT2D eigenvalue weighted by Crippen LogP contribution is 2.18. The number of aliphatic imine (C=N–C) groups is 1. The smallest absolute Gasteiger partial charge is 0.335 e. The number of rotatable bonds is 4. The fourth-order valence-corrected chi connectivity index (χ4v) is 1.98. The van der Waals surface area contributed by atoms with E-state index in [0.717, 1.165) is 11.1 Å². The Bertz CT molecular complexity index is 751. The summed E-state index contributed by atoms with van der Waals surface area (Å²) in [5.41, 5.74) is 2.83. The van der Waals surface area contributed by atoms with Crippen LogP contribution in [0.25, 0.3) is 5.70 Å². The molecule has 0 aliphatic heterocycles. The van der Waals surface area contributed by atoms with Gasteiger partial charge in [0.15, 0.2) is 0 Å². The molecule has 0 amide bonds. The van der Waals surface area contributed by atoms with Gasteiger partial charge in [-0.1, -0.05) is 36.9 Å². The van der Waals surface area contributed by atoms with E-state index in [2.05, 4.69) is 11.6 Å². The number of aryl methyl sites for hydroxylation is 1. The number of nitrogens with zero attached hydrogens (tertiary/aromatic N) is 1. The van der Waals surface area contributed by atoms with E-state index in [0.29, 0.717) is 11.3 Å². The number of aromatic carboxylic acids is 1. The number of nitrogens with two attached hydrogens (primary N) is 1. The largest absolute Gasteiger partial charge is 0.478 e. The van der Waals surface area contributed by atoms with Crippen LogP contribution in [0.2, 0.25) is 0 Å². The predicted molar refractivity (Wildman–Crippen MR) is 85.4 cm³/mol. The maximum absolute atomic E-state index is 11.0. The molecule has 0 spiro atoms. The summed E-state index contributed by atoms with van der Waals surface area (Å²) in [6, 6.07) is 13.9. The molecular formula is C17H16N2O3. The van der Waals surface area contributed by atoms with Gasteiger partial charge in [-0.05, 0) is 30.7 Å². The second-order valence-electron chi connectivity index (χ2n) is 4.68. The summed E-state index contributed by atoms with van der Waals surface area (Å²) in [5, 5.41) is 9.02. The van der Waals surface area contributed by atoms with Crippen molar-refractivity contribution in [1.82, 2.24) is 0 Å². The number of hydrogen-bond donors (Lipinski definition) is 2. The van der Waals surface area contributed by atoms with E-state index in [-0.39, 0.29) is 11.5 Å². The third-order valence-electron chi connectivity index (χ3n) is 3.17. The van der Waals surface area contributed by atoms with Gasteiger partial charge in [0, 0.05) is 11.1 Å². The monoisotopic (exact) mass is 296 g/mol. The van der Waals surface area contributed by atoms with Crippen LogP contribution in [0.3, 0.4) is 0 Å². The minimum atomic E-state index is -1.01. The van der Waals surface area contributed by atoms with Crippen LogP contribution < -0.4 is 5.90 Å². The molecule has 0 aliphatic carbocycles. The van der Waals surface area contributed by atoms with Gasteiger partial charge in [-0.3, -0.25) is 0 Å². The van der Waals surface area contributed by atoms with Crippen molar-refractivity contribution in [3.05, 3.63) is 77.4 Å². The van der Waals surface area contributed by atoms with E-state index < -0.39 is 5.97 Å². The normalized spacial score (nSPS) is 11.1. The predicted octanol–water partition coefficient (Wildman–Crippen LogP) is 3.00. The Hall–Kier alpha value is -2.92. The van der Waals surface area contributed by atoms with Crippen molar-refractivity contribution in [2.45, 2.75) is 6.92 Å². The molecule has 0 fully saturated rings. The van der Waals surface area contributed by atoms with Crippen LogP contribution in [-0.2, 0) is 4.84 Å². The molecular weight excluding hydrogens is 280 g/mol. The molecule has 112 valence electrons. The fraction of sp³-hybridized carbons (Fsp3) is 0.0588. The standard InChI is InChI=1S/C17H16N2O3/c1-11-6-3-4-9-15(11)16(22-18)19-12(2)13-7-5-8-14(10-13)17(20)21/h3-10H,2,18H2,1H3,(H,20,21)/b19-16-. The minimum Gasteiger partial charge on any atom is -0.478 e. The number of hydrogen-bond acceptors (Lipinski definition) is 4. The van der Waals surface area contributed by atoms with Gasteiger partial charge < -0.3 is 9.94 Å². The van der Waals surface area contributed by atoms with Crippen molar-refractivity contribution in [2.24, 2.45) is 10.9 Å². The quantitative estimate of drug-likeness (QED) is 0.516. The van der Waals surface area contributed by atoms with Gasteiger partial charge in [-0.15, -0.1) is 0 Å². The van der Waals surface area contributed by atoms with Crippen LogP contribution in [0.5, 0.6) is 0 Å². The van der Waals surface area contributed by atoms with Crippen molar-refractivity contribution in [2.75, 3.05) is 0 Å². The number of carboxylic acid groups (broad SMARTS) is 1. The summed E-state index contributed by atoms with van der Waals surface area (Å²) in [4.78, 5) is 20.1. The molecule has 0 saturated heterocycles. The van der Waals surface area contributed by atoms with Crippen molar-refractivity contribution >= 4 is 17.6 Å². The Labute approximate surface area is 128 Å². The average Bonchev–Trinajstić information content (AvgIpc) is 2.53. The zero-order valence-electron chi connectivity index (χ0n) is 12.1. The van der Waals surface area contributed by atoms with E-state index in [1.54, 1.807) is 12.1 Å². The van der Waals surface area contributed by atoms with Crippen LogP contribution in [-0.4, -0.2) is 17.0 Å². The second kappa shape index (κ2) is 6.69. The Morgan fingerprint density at radius 1 is 1.18 bits per heavy atom. The number of benzene rings is 2. The first-order valence-electron chi connectivity index (χ1n) is 6.57. The fourth-order valence-electron chi connectivity index (χ4n) is 1.98. The molecule has 2 aromatic rings. The third-order valence-corrected chi connectivity index (χ3v) is 3.17. The van der Waals surface area contributed by atoms with Crippen molar-refractivity contribution in [3.8, 4) is 0 Å². The second-order valence-corrected chi connectivity index (χ2v) is 4.68. The maximum Gasteiger partial charge on any atom is 0.335 e. The average molecular weight is 296 g/mol. The molecule has 0 atom stereocenters. The van der Waals surface area contributed by atoms with Crippen LogP contribution >= 0.6 is 0 Å². The van der Waals surface area contributed by atoms with Crippen molar-refractivity contribution < 1.29 is 14.7 Å². The van der Waals surface area contributed by atoms with Gasteiger partial charge in [0.2, 0.25) is 5.90 Å². The summed E-state index contributed by atoms with van der Waals surface area (Å²) in [6.07, 6.45) is 0. The highest BCUT2D eigenvalue weighted by Gasteiger charge is 2.10. The van der Waals surface area contributed by atoms with E-state index in [4.69, 9.17) is 15.8 Å². The summed E-state index contributed by atoms with van der Waals surface area (Å²) in [6.45, 7) is 5.77. The topological polar surface area (TPSA) is 84.9 Å². The minimum absolute atomic E-state index is 0.167. The first kappa shape index (κ1) is 15.5. The lowest BCUT2D eigenvalue weighted by Crippen LogP contribution is -2.13. The Morgan fingerprint density at radius 2 is 1.86 bits per heavy atom. The molecule has 0 radical (unpaired) electrons. The molecule has 0 saturated carbocycles. The van der Waals surface area contributed by atoms with Crippen LogP contribution in [0.15, 0.2) is 60.1 Å². The number of carbonyl (C=O) groups is 1. The van der Waals surface area contributed by atoms with E-state index in [1.807, 2.05) is 31.2 Å². The van der Waals surface area contributed by atoms with Gasteiger partial charge in [0.1, 0.15) is 0 Å². The van der Waals surface area contributed by atoms with E-state index >= 15 is 0 Å². The number of carboxylic acids is 1. The van der Waals surface area contributed by atoms with Gasteiger partial charge >= 0.3 is 5.97 Å². The first-order valence-corrected chi connectivity index (χ1v) is 6.57. The highest BCUT2D eigenvalue weighted by atomic mass is 16.6. The van der Waals surface area contributed by atoms with Crippen LogP contribution in [0.1, 0.15) is 27.0 Å². The zero-order valence-corrected chi connectivity index (χ0v) is 12.1. The molecule has 0 heterocycles. The molecule has 2 rings (SSSR count). The Morgan fingerprint density at radius 3 is 2.50 bits per heavy atom. The highest BCUT2D eigenvalue weighted by molar-refractivity contribution is 5.98.